The van der Waals surface area contributed by atoms with Crippen LogP contribution in [0.2, 0.25) is 0 Å². The van der Waals surface area contributed by atoms with Crippen molar-refractivity contribution in [3.63, 3.8) is 0 Å². The van der Waals surface area contributed by atoms with E-state index in [1.807, 2.05) is 12.3 Å². The Labute approximate surface area is 169 Å². The van der Waals surface area contributed by atoms with Crippen LogP contribution < -0.4 is 15.5 Å². The molecule has 0 aromatic carbocycles. The molecule has 28 heavy (non-hydrogen) atoms. The summed E-state index contributed by atoms with van der Waals surface area (Å²) < 4.78 is 5.70. The summed E-state index contributed by atoms with van der Waals surface area (Å²) in [5.41, 5.74) is 1.18. The maximum atomic E-state index is 5.70. The number of rotatable bonds is 10. The third kappa shape index (κ3) is 6.95. The minimum atomic E-state index is 0.628. The Kier molecular flexibility index (Phi) is 8.36. The highest BCUT2D eigenvalue weighted by Crippen LogP contribution is 2.28. The van der Waals surface area contributed by atoms with Crippen LogP contribution in [0.5, 0.6) is 0 Å². The van der Waals surface area contributed by atoms with Gasteiger partial charge in [-0.1, -0.05) is 6.07 Å². The number of hydrogen-bond acceptors (Lipinski definition) is 5. The van der Waals surface area contributed by atoms with Crippen molar-refractivity contribution in [2.24, 2.45) is 10.9 Å². The van der Waals surface area contributed by atoms with Gasteiger partial charge in [-0.25, -0.2) is 9.98 Å². The number of pyridine rings is 1. The van der Waals surface area contributed by atoms with E-state index in [4.69, 9.17) is 9.73 Å². The van der Waals surface area contributed by atoms with Gasteiger partial charge in [-0.2, -0.15) is 0 Å². The summed E-state index contributed by atoms with van der Waals surface area (Å²) >= 11 is 0. The SMILES string of the molecule is CCNC(=NCc1cccnc1N1CCN(C)CC1)NCCCOCC1CC1. The third-order valence-electron chi connectivity index (χ3n) is 5.23. The van der Waals surface area contributed by atoms with E-state index in [1.165, 1.54) is 18.4 Å². The molecule has 7 nitrogen and oxygen atoms in total. The number of anilines is 1. The van der Waals surface area contributed by atoms with E-state index in [1.54, 1.807) is 0 Å². The van der Waals surface area contributed by atoms with Crippen molar-refractivity contribution in [3.05, 3.63) is 23.9 Å². The molecular formula is C21H36N6O. The van der Waals surface area contributed by atoms with Gasteiger partial charge in [0, 0.05) is 64.2 Å². The summed E-state index contributed by atoms with van der Waals surface area (Å²) in [6, 6.07) is 4.14. The van der Waals surface area contributed by atoms with Crippen LogP contribution in [0.15, 0.2) is 23.3 Å². The molecule has 1 aromatic rings. The van der Waals surface area contributed by atoms with Crippen LogP contribution in [0.25, 0.3) is 0 Å². The number of guanidine groups is 1. The van der Waals surface area contributed by atoms with Gasteiger partial charge in [0.25, 0.3) is 0 Å². The molecule has 1 saturated heterocycles. The molecule has 0 amide bonds. The van der Waals surface area contributed by atoms with Gasteiger partial charge in [-0.05, 0) is 45.2 Å². The van der Waals surface area contributed by atoms with Crippen LogP contribution in [-0.2, 0) is 11.3 Å². The van der Waals surface area contributed by atoms with E-state index in [0.717, 1.165) is 76.6 Å². The van der Waals surface area contributed by atoms with Crippen LogP contribution in [0.1, 0.15) is 31.7 Å². The number of nitrogens with zero attached hydrogens (tertiary/aromatic N) is 4. The van der Waals surface area contributed by atoms with Gasteiger partial charge in [0.05, 0.1) is 6.54 Å². The summed E-state index contributed by atoms with van der Waals surface area (Å²) in [4.78, 5) is 14.2. The van der Waals surface area contributed by atoms with Gasteiger partial charge >= 0.3 is 0 Å². The minimum absolute atomic E-state index is 0.628. The number of likely N-dealkylation sites (N-methyl/N-ethyl adjacent to an activating group) is 1. The predicted octanol–water partition coefficient (Wildman–Crippen LogP) is 1.71. The Morgan fingerprint density at radius 1 is 1.25 bits per heavy atom. The molecular weight excluding hydrogens is 352 g/mol. The molecule has 2 fully saturated rings. The predicted molar refractivity (Wildman–Crippen MR) is 115 cm³/mol. The molecule has 2 heterocycles. The first kappa shape index (κ1) is 20.9. The first-order chi connectivity index (χ1) is 13.8. The van der Waals surface area contributed by atoms with Crippen LogP contribution in [-0.4, -0.2) is 75.4 Å². The van der Waals surface area contributed by atoms with Crippen molar-refractivity contribution in [2.75, 3.05) is 64.4 Å². The number of piperazine rings is 1. The minimum Gasteiger partial charge on any atom is -0.381 e. The van der Waals surface area contributed by atoms with Crippen molar-refractivity contribution in [1.29, 1.82) is 0 Å². The highest BCUT2D eigenvalue weighted by Gasteiger charge is 2.21. The Morgan fingerprint density at radius 2 is 2.07 bits per heavy atom. The first-order valence-electron chi connectivity index (χ1n) is 10.7. The van der Waals surface area contributed by atoms with Gasteiger partial charge < -0.3 is 25.2 Å². The van der Waals surface area contributed by atoms with Crippen LogP contribution in [0, 0.1) is 5.92 Å². The van der Waals surface area contributed by atoms with Crippen LogP contribution in [0.3, 0.4) is 0 Å². The van der Waals surface area contributed by atoms with E-state index in [0.29, 0.717) is 6.54 Å². The van der Waals surface area contributed by atoms with Gasteiger partial charge in [0.2, 0.25) is 0 Å². The largest absolute Gasteiger partial charge is 0.381 e. The second-order valence-electron chi connectivity index (χ2n) is 7.77. The lowest BCUT2D eigenvalue weighted by Gasteiger charge is -2.34. The Hall–Kier alpha value is -1.86. The van der Waals surface area contributed by atoms with Crippen LogP contribution in [0.4, 0.5) is 5.82 Å². The van der Waals surface area contributed by atoms with Crippen molar-refractivity contribution >= 4 is 11.8 Å². The molecule has 7 heteroatoms. The Morgan fingerprint density at radius 3 is 2.82 bits per heavy atom. The average molecular weight is 389 g/mol. The zero-order chi connectivity index (χ0) is 19.6. The first-order valence-corrected chi connectivity index (χ1v) is 10.7. The standard InChI is InChI=1S/C21H36N6O/c1-3-22-21(24-10-5-15-28-17-18-7-8-18)25-16-19-6-4-9-23-20(19)27-13-11-26(2)12-14-27/h4,6,9,18H,3,5,7-8,10-17H2,1-2H3,(H2,22,24,25). The van der Waals surface area contributed by atoms with Crippen molar-refractivity contribution in [1.82, 2.24) is 20.5 Å². The lowest BCUT2D eigenvalue weighted by molar-refractivity contribution is 0.123. The van der Waals surface area contributed by atoms with Crippen LogP contribution >= 0.6 is 0 Å². The highest BCUT2D eigenvalue weighted by molar-refractivity contribution is 5.79. The second-order valence-corrected chi connectivity index (χ2v) is 7.77. The molecule has 156 valence electrons. The Bertz CT molecular complexity index is 611. The lowest BCUT2D eigenvalue weighted by Crippen LogP contribution is -2.45. The summed E-state index contributed by atoms with van der Waals surface area (Å²) in [5.74, 6) is 2.77. The van der Waals surface area contributed by atoms with E-state index in [9.17, 15) is 0 Å². The summed E-state index contributed by atoms with van der Waals surface area (Å²) in [5, 5.41) is 6.75. The molecule has 1 aromatic heterocycles. The zero-order valence-corrected chi connectivity index (χ0v) is 17.5. The quantitative estimate of drug-likeness (QED) is 0.361. The van der Waals surface area contributed by atoms with Gasteiger partial charge in [0.15, 0.2) is 5.96 Å². The fraction of sp³-hybridized carbons (Fsp3) is 0.714. The number of ether oxygens (including phenoxy) is 1. The Balaban J connectivity index is 1.49. The molecule has 0 radical (unpaired) electrons. The zero-order valence-electron chi connectivity index (χ0n) is 17.5. The normalized spacial score (nSPS) is 18.4. The average Bonchev–Trinajstić information content (AvgIpc) is 3.54. The van der Waals surface area contributed by atoms with Crippen molar-refractivity contribution in [3.8, 4) is 0 Å². The number of nitrogens with one attached hydrogen (secondary N) is 2. The maximum absolute atomic E-state index is 5.70. The van der Waals surface area contributed by atoms with Gasteiger partial charge in [-0.3, -0.25) is 0 Å². The van der Waals surface area contributed by atoms with E-state index in [2.05, 4.69) is 45.5 Å². The molecule has 1 aliphatic heterocycles. The smallest absolute Gasteiger partial charge is 0.191 e. The third-order valence-corrected chi connectivity index (χ3v) is 5.23. The topological polar surface area (TPSA) is 65.0 Å². The molecule has 2 N–H and O–H groups in total. The number of hydrogen-bond donors (Lipinski definition) is 2. The molecule has 0 atom stereocenters. The number of aromatic nitrogens is 1. The van der Waals surface area contributed by atoms with Crippen molar-refractivity contribution in [2.45, 2.75) is 32.7 Å². The fourth-order valence-corrected chi connectivity index (χ4v) is 3.28. The fourth-order valence-electron chi connectivity index (χ4n) is 3.28. The highest BCUT2D eigenvalue weighted by atomic mass is 16.5. The number of aliphatic imine (C=N–C) groups is 1. The molecule has 0 bridgehead atoms. The molecule has 1 saturated carbocycles. The molecule has 0 unspecified atom stereocenters. The monoisotopic (exact) mass is 388 g/mol. The van der Waals surface area contributed by atoms with Gasteiger partial charge in [0.1, 0.15) is 5.82 Å². The molecule has 0 spiro atoms. The molecule has 1 aliphatic carbocycles. The van der Waals surface area contributed by atoms with E-state index < -0.39 is 0 Å². The summed E-state index contributed by atoms with van der Waals surface area (Å²) in [7, 11) is 2.17. The van der Waals surface area contributed by atoms with Crippen molar-refractivity contribution < 1.29 is 4.74 Å². The second kappa shape index (κ2) is 11.2. The summed E-state index contributed by atoms with van der Waals surface area (Å²) in [6.07, 6.45) is 5.57. The molecule has 2 aliphatic rings. The molecule has 3 rings (SSSR count). The van der Waals surface area contributed by atoms with E-state index in [-0.39, 0.29) is 0 Å². The lowest BCUT2D eigenvalue weighted by atomic mass is 10.2. The van der Waals surface area contributed by atoms with E-state index >= 15 is 0 Å². The summed E-state index contributed by atoms with van der Waals surface area (Å²) in [6.45, 7) is 10.4. The van der Waals surface area contributed by atoms with Gasteiger partial charge in [-0.15, -0.1) is 0 Å². The maximum Gasteiger partial charge on any atom is 0.191 e.